The van der Waals surface area contributed by atoms with Crippen LogP contribution >= 0.6 is 0 Å². The van der Waals surface area contributed by atoms with Crippen LogP contribution < -0.4 is 5.32 Å². The Bertz CT molecular complexity index is 219. The van der Waals surface area contributed by atoms with Gasteiger partial charge in [0.15, 0.2) is 0 Å². The highest BCUT2D eigenvalue weighted by atomic mass is 15.2. The lowest BCUT2D eigenvalue weighted by atomic mass is 9.98. The lowest BCUT2D eigenvalue weighted by Crippen LogP contribution is -2.43. The van der Waals surface area contributed by atoms with Crippen LogP contribution in [0, 0.1) is 17.8 Å². The van der Waals surface area contributed by atoms with E-state index in [2.05, 4.69) is 17.1 Å². The highest BCUT2D eigenvalue weighted by Gasteiger charge is 2.36. The summed E-state index contributed by atoms with van der Waals surface area (Å²) in [6, 6.07) is 0.853. The van der Waals surface area contributed by atoms with E-state index in [1.54, 1.807) is 0 Å². The van der Waals surface area contributed by atoms with Crippen LogP contribution in [0.1, 0.15) is 39.0 Å². The summed E-state index contributed by atoms with van der Waals surface area (Å²) in [5.41, 5.74) is 0. The topological polar surface area (TPSA) is 15.3 Å². The van der Waals surface area contributed by atoms with Gasteiger partial charge in [0.25, 0.3) is 0 Å². The maximum atomic E-state index is 3.60. The molecule has 2 atom stereocenters. The van der Waals surface area contributed by atoms with Crippen molar-refractivity contribution in [2.75, 3.05) is 26.2 Å². The Balaban J connectivity index is 1.59. The van der Waals surface area contributed by atoms with Gasteiger partial charge in [-0.25, -0.2) is 0 Å². The minimum absolute atomic E-state index is 0.853. The second kappa shape index (κ2) is 4.66. The molecule has 1 saturated heterocycles. The van der Waals surface area contributed by atoms with E-state index in [0.29, 0.717) is 0 Å². The van der Waals surface area contributed by atoms with Gasteiger partial charge in [-0.15, -0.1) is 0 Å². The first-order valence-corrected chi connectivity index (χ1v) is 7.31. The van der Waals surface area contributed by atoms with Crippen LogP contribution in [-0.2, 0) is 0 Å². The van der Waals surface area contributed by atoms with Gasteiger partial charge in [0.1, 0.15) is 0 Å². The summed E-state index contributed by atoms with van der Waals surface area (Å²) in [6.07, 6.45) is 7.34. The molecule has 3 aliphatic rings. The average Bonchev–Trinajstić information content (AvgIpc) is 3.20. The highest BCUT2D eigenvalue weighted by Crippen LogP contribution is 2.36. The normalized spacial score (nSPS) is 34.9. The molecule has 1 heterocycles. The molecule has 16 heavy (non-hydrogen) atoms. The van der Waals surface area contributed by atoms with Crippen molar-refractivity contribution in [2.45, 2.75) is 45.1 Å². The molecule has 2 saturated carbocycles. The molecule has 92 valence electrons. The predicted octanol–water partition coefficient (Wildman–Crippen LogP) is 2.11. The second-order valence-corrected chi connectivity index (χ2v) is 6.23. The molecule has 2 heteroatoms. The monoisotopic (exact) mass is 222 g/mol. The van der Waals surface area contributed by atoms with Crippen molar-refractivity contribution in [1.82, 2.24) is 10.2 Å². The van der Waals surface area contributed by atoms with Gasteiger partial charge in [0, 0.05) is 25.7 Å². The van der Waals surface area contributed by atoms with Gasteiger partial charge in [0.2, 0.25) is 0 Å². The predicted molar refractivity (Wildman–Crippen MR) is 67.5 cm³/mol. The van der Waals surface area contributed by atoms with Gasteiger partial charge >= 0.3 is 0 Å². The van der Waals surface area contributed by atoms with Crippen LogP contribution in [0.15, 0.2) is 0 Å². The largest absolute Gasteiger partial charge is 0.315 e. The molecule has 0 aromatic rings. The minimum atomic E-state index is 0.853. The summed E-state index contributed by atoms with van der Waals surface area (Å²) >= 11 is 0. The molecule has 0 aromatic carbocycles. The van der Waals surface area contributed by atoms with Crippen LogP contribution in [0.5, 0.6) is 0 Å². The molecule has 0 bridgehead atoms. The van der Waals surface area contributed by atoms with E-state index in [4.69, 9.17) is 0 Å². The fraction of sp³-hybridized carbons (Fsp3) is 1.00. The maximum absolute atomic E-state index is 3.60. The van der Waals surface area contributed by atoms with E-state index in [0.717, 1.165) is 23.8 Å². The lowest BCUT2D eigenvalue weighted by Gasteiger charge is -2.32. The molecule has 0 radical (unpaired) electrons. The zero-order valence-corrected chi connectivity index (χ0v) is 10.6. The minimum Gasteiger partial charge on any atom is -0.315 e. The first-order valence-electron chi connectivity index (χ1n) is 7.31. The first-order chi connectivity index (χ1) is 7.86. The molecule has 2 unspecified atom stereocenters. The van der Waals surface area contributed by atoms with Gasteiger partial charge < -0.3 is 5.32 Å². The molecule has 0 spiro atoms. The van der Waals surface area contributed by atoms with Crippen molar-refractivity contribution in [3.8, 4) is 0 Å². The Hall–Kier alpha value is -0.0800. The van der Waals surface area contributed by atoms with E-state index in [9.17, 15) is 0 Å². The van der Waals surface area contributed by atoms with E-state index in [1.165, 1.54) is 58.3 Å². The van der Waals surface area contributed by atoms with E-state index < -0.39 is 0 Å². The molecule has 3 fully saturated rings. The SMILES string of the molecule is CCC1CNCC1N(CC1CC1)CC1CC1. The summed E-state index contributed by atoms with van der Waals surface area (Å²) < 4.78 is 0. The van der Waals surface area contributed by atoms with Gasteiger partial charge in [0.05, 0.1) is 0 Å². The molecule has 0 aromatic heterocycles. The van der Waals surface area contributed by atoms with Crippen molar-refractivity contribution in [1.29, 1.82) is 0 Å². The number of nitrogens with one attached hydrogen (secondary N) is 1. The molecular formula is C14H26N2. The molecule has 2 aliphatic carbocycles. The summed E-state index contributed by atoms with van der Waals surface area (Å²) in [5, 5.41) is 3.60. The Morgan fingerprint density at radius 2 is 1.62 bits per heavy atom. The molecule has 2 nitrogen and oxygen atoms in total. The fourth-order valence-electron chi connectivity index (χ4n) is 3.17. The van der Waals surface area contributed by atoms with E-state index in [1.807, 2.05) is 0 Å². The van der Waals surface area contributed by atoms with E-state index >= 15 is 0 Å². The van der Waals surface area contributed by atoms with Crippen molar-refractivity contribution < 1.29 is 0 Å². The Morgan fingerprint density at radius 3 is 2.12 bits per heavy atom. The first kappa shape index (κ1) is 11.0. The van der Waals surface area contributed by atoms with Gasteiger partial charge in [-0.3, -0.25) is 4.90 Å². The van der Waals surface area contributed by atoms with Crippen LogP contribution in [0.3, 0.4) is 0 Å². The number of nitrogens with zero attached hydrogens (tertiary/aromatic N) is 1. The van der Waals surface area contributed by atoms with Gasteiger partial charge in [-0.1, -0.05) is 13.3 Å². The van der Waals surface area contributed by atoms with Crippen LogP contribution in [-0.4, -0.2) is 37.1 Å². The standard InChI is InChI=1S/C14H26N2/c1-2-13-7-15-8-14(13)16(9-11-3-4-11)10-12-5-6-12/h11-15H,2-10H2,1H3. The van der Waals surface area contributed by atoms with Gasteiger partial charge in [-0.2, -0.15) is 0 Å². The Kier molecular flexibility index (Phi) is 3.21. The van der Waals surface area contributed by atoms with Crippen LogP contribution in [0.25, 0.3) is 0 Å². The third-order valence-electron chi connectivity index (χ3n) is 4.68. The number of rotatable bonds is 6. The molecule has 3 rings (SSSR count). The summed E-state index contributed by atoms with van der Waals surface area (Å²) in [7, 11) is 0. The molecule has 1 N–H and O–H groups in total. The Morgan fingerprint density at radius 1 is 1.00 bits per heavy atom. The summed E-state index contributed by atoms with van der Waals surface area (Å²) in [5.74, 6) is 3.02. The number of hydrogen-bond acceptors (Lipinski definition) is 2. The van der Waals surface area contributed by atoms with Gasteiger partial charge in [-0.05, 0) is 50.0 Å². The molecular weight excluding hydrogens is 196 g/mol. The molecule has 1 aliphatic heterocycles. The third kappa shape index (κ3) is 2.60. The zero-order chi connectivity index (χ0) is 11.0. The van der Waals surface area contributed by atoms with Crippen molar-refractivity contribution in [3.05, 3.63) is 0 Å². The lowest BCUT2D eigenvalue weighted by molar-refractivity contribution is 0.155. The Labute approximate surface area is 99.8 Å². The second-order valence-electron chi connectivity index (χ2n) is 6.23. The third-order valence-corrected chi connectivity index (χ3v) is 4.68. The van der Waals surface area contributed by atoms with Crippen molar-refractivity contribution in [3.63, 3.8) is 0 Å². The molecule has 0 amide bonds. The van der Waals surface area contributed by atoms with Crippen LogP contribution in [0.2, 0.25) is 0 Å². The van der Waals surface area contributed by atoms with Crippen LogP contribution in [0.4, 0.5) is 0 Å². The maximum Gasteiger partial charge on any atom is 0.0261 e. The van der Waals surface area contributed by atoms with Crippen molar-refractivity contribution in [2.24, 2.45) is 17.8 Å². The number of hydrogen-bond donors (Lipinski definition) is 1. The summed E-state index contributed by atoms with van der Waals surface area (Å²) in [6.45, 7) is 7.67. The van der Waals surface area contributed by atoms with Crippen molar-refractivity contribution >= 4 is 0 Å². The van der Waals surface area contributed by atoms with E-state index in [-0.39, 0.29) is 0 Å². The smallest absolute Gasteiger partial charge is 0.0261 e. The zero-order valence-electron chi connectivity index (χ0n) is 10.6. The average molecular weight is 222 g/mol. The quantitative estimate of drug-likeness (QED) is 0.740. The highest BCUT2D eigenvalue weighted by molar-refractivity contribution is 4.92. The fourth-order valence-corrected chi connectivity index (χ4v) is 3.17. The summed E-state index contributed by atoms with van der Waals surface area (Å²) in [4.78, 5) is 2.85.